The van der Waals surface area contributed by atoms with Crippen LogP contribution >= 0.6 is 11.6 Å². The van der Waals surface area contributed by atoms with E-state index in [0.717, 1.165) is 0 Å². The third kappa shape index (κ3) is 4.27. The van der Waals surface area contributed by atoms with Crippen molar-refractivity contribution in [2.24, 2.45) is 5.73 Å². The zero-order valence-electron chi connectivity index (χ0n) is 16.6. The number of rotatable bonds is 5. The summed E-state index contributed by atoms with van der Waals surface area (Å²) in [6.45, 7) is 5.14. The summed E-state index contributed by atoms with van der Waals surface area (Å²) in [5.41, 5.74) is 4.82. The van der Waals surface area contributed by atoms with Crippen molar-refractivity contribution in [1.29, 1.82) is 0 Å². The van der Waals surface area contributed by atoms with Gasteiger partial charge in [-0.15, -0.1) is 0 Å². The van der Waals surface area contributed by atoms with Gasteiger partial charge in [0.05, 0.1) is 10.4 Å². The van der Waals surface area contributed by atoms with E-state index in [4.69, 9.17) is 22.1 Å². The van der Waals surface area contributed by atoms with E-state index in [1.165, 1.54) is 12.1 Å². The lowest BCUT2D eigenvalue weighted by Crippen LogP contribution is -2.49. The number of sulfone groups is 1. The average molecular weight is 437 g/mol. The van der Waals surface area contributed by atoms with E-state index in [0.29, 0.717) is 10.6 Å². The molecule has 0 radical (unpaired) electrons. The number of benzene rings is 2. The highest BCUT2D eigenvalue weighted by Gasteiger charge is 2.71. The quantitative estimate of drug-likeness (QED) is 0.747. The van der Waals surface area contributed by atoms with Gasteiger partial charge in [-0.1, -0.05) is 41.9 Å². The van der Waals surface area contributed by atoms with Gasteiger partial charge in [-0.25, -0.2) is 13.2 Å². The summed E-state index contributed by atoms with van der Waals surface area (Å²) in [7, 11) is -3.78. The first kappa shape index (κ1) is 21.6. The van der Waals surface area contributed by atoms with Crippen LogP contribution in [0.1, 0.15) is 32.3 Å². The fraction of sp³-hybridized carbons (Fsp3) is 0.381. The molecule has 29 heavy (non-hydrogen) atoms. The Labute approximate surface area is 176 Å². The Kier molecular flexibility index (Phi) is 5.69. The van der Waals surface area contributed by atoms with Crippen LogP contribution in [0.4, 0.5) is 4.79 Å². The van der Waals surface area contributed by atoms with Crippen molar-refractivity contribution < 1.29 is 17.9 Å². The number of nitrogens with one attached hydrogen (secondary N) is 1. The van der Waals surface area contributed by atoms with Gasteiger partial charge in [0.25, 0.3) is 0 Å². The van der Waals surface area contributed by atoms with E-state index >= 15 is 0 Å². The molecule has 1 aliphatic carbocycles. The minimum atomic E-state index is -3.78. The number of ether oxygens (including phenoxy) is 1. The van der Waals surface area contributed by atoms with Crippen LogP contribution in [0.25, 0.3) is 0 Å². The van der Waals surface area contributed by atoms with Gasteiger partial charge in [0.2, 0.25) is 0 Å². The number of nitrogens with two attached hydrogens (primary N) is 1. The molecular weight excluding hydrogens is 412 g/mol. The first-order valence-electron chi connectivity index (χ1n) is 9.27. The molecule has 156 valence electrons. The van der Waals surface area contributed by atoms with E-state index in [9.17, 15) is 13.2 Å². The molecule has 0 aliphatic heterocycles. The van der Waals surface area contributed by atoms with E-state index in [2.05, 4.69) is 5.32 Å². The largest absolute Gasteiger partial charge is 0.444 e. The summed E-state index contributed by atoms with van der Waals surface area (Å²) in [6, 6.07) is 15.1. The molecule has 0 spiro atoms. The van der Waals surface area contributed by atoms with Gasteiger partial charge in [0, 0.05) is 17.5 Å². The maximum Gasteiger partial charge on any atom is 0.408 e. The molecule has 1 amide bonds. The van der Waals surface area contributed by atoms with Gasteiger partial charge in [-0.05, 0) is 50.6 Å². The van der Waals surface area contributed by atoms with Crippen molar-refractivity contribution in [2.75, 3.05) is 6.54 Å². The van der Waals surface area contributed by atoms with E-state index in [-0.39, 0.29) is 11.4 Å². The van der Waals surface area contributed by atoms with Crippen LogP contribution in [-0.2, 0) is 14.6 Å². The van der Waals surface area contributed by atoms with Gasteiger partial charge < -0.3 is 15.8 Å². The molecule has 0 saturated heterocycles. The molecule has 1 saturated carbocycles. The zero-order valence-corrected chi connectivity index (χ0v) is 18.1. The fourth-order valence-electron chi connectivity index (χ4n) is 3.73. The second-order valence-corrected chi connectivity index (χ2v) is 10.7. The molecule has 6 nitrogen and oxygen atoms in total. The van der Waals surface area contributed by atoms with Crippen molar-refractivity contribution in [3.63, 3.8) is 0 Å². The summed E-state index contributed by atoms with van der Waals surface area (Å²) < 4.78 is 32.2. The molecule has 3 atom stereocenters. The number of hydrogen-bond acceptors (Lipinski definition) is 5. The van der Waals surface area contributed by atoms with Crippen LogP contribution in [0.2, 0.25) is 5.02 Å². The predicted octanol–water partition coefficient (Wildman–Crippen LogP) is 3.50. The Morgan fingerprint density at radius 3 is 2.38 bits per heavy atom. The summed E-state index contributed by atoms with van der Waals surface area (Å²) in [5, 5.41) is 2.30. The SMILES string of the molecule is CC(C)(C)OC(=O)N[C@]1(CN)[C@@H](c2cccc(Cl)c2)[C@@H]1S(=O)(=O)c1ccccc1. The smallest absolute Gasteiger partial charge is 0.408 e. The Balaban J connectivity index is 2.04. The highest BCUT2D eigenvalue weighted by molar-refractivity contribution is 7.92. The predicted molar refractivity (Wildman–Crippen MR) is 113 cm³/mol. The molecule has 2 aromatic rings. The van der Waals surface area contributed by atoms with Gasteiger partial charge in [0.15, 0.2) is 9.84 Å². The first-order chi connectivity index (χ1) is 13.5. The molecule has 0 aromatic heterocycles. The normalized spacial score (nSPS) is 24.0. The van der Waals surface area contributed by atoms with Crippen molar-refractivity contribution in [3.05, 3.63) is 65.2 Å². The standard InChI is InChI=1S/C21H25ClN2O4S/c1-20(2,3)28-19(25)24-21(13-23)17(14-8-7-9-15(22)12-14)18(21)29(26,27)16-10-5-4-6-11-16/h4-12,17-18H,13,23H2,1-3H3,(H,24,25)/t17-,18-,21+/m0/s1. The number of amides is 1. The zero-order chi connectivity index (χ0) is 21.4. The van der Waals surface area contributed by atoms with Crippen LogP contribution in [0.5, 0.6) is 0 Å². The summed E-state index contributed by atoms with van der Waals surface area (Å²) in [4.78, 5) is 12.7. The van der Waals surface area contributed by atoms with Crippen LogP contribution < -0.4 is 11.1 Å². The van der Waals surface area contributed by atoms with E-state index in [1.807, 2.05) is 0 Å². The third-order valence-corrected chi connectivity index (χ3v) is 7.47. The molecule has 0 heterocycles. The minimum absolute atomic E-state index is 0.0693. The average Bonchev–Trinajstić information content (AvgIpc) is 3.30. The molecule has 1 fully saturated rings. The molecule has 2 aromatic carbocycles. The van der Waals surface area contributed by atoms with Crippen LogP contribution in [-0.4, -0.2) is 37.4 Å². The molecule has 1 aliphatic rings. The third-order valence-electron chi connectivity index (χ3n) is 4.94. The van der Waals surface area contributed by atoms with Gasteiger partial charge >= 0.3 is 6.09 Å². The summed E-state index contributed by atoms with van der Waals surface area (Å²) in [5.74, 6) is -0.552. The Morgan fingerprint density at radius 2 is 1.83 bits per heavy atom. The first-order valence-corrected chi connectivity index (χ1v) is 11.2. The summed E-state index contributed by atoms with van der Waals surface area (Å²) in [6.07, 6.45) is -0.708. The molecule has 0 bridgehead atoms. The van der Waals surface area contributed by atoms with E-state index < -0.39 is 38.2 Å². The molecule has 8 heteroatoms. The highest BCUT2D eigenvalue weighted by Crippen LogP contribution is 2.57. The van der Waals surface area contributed by atoms with Gasteiger partial charge in [0.1, 0.15) is 10.9 Å². The Bertz CT molecular complexity index is 1000. The second kappa shape index (κ2) is 7.63. The van der Waals surface area contributed by atoms with Crippen LogP contribution in [0.3, 0.4) is 0 Å². The number of carbonyl (C=O) groups is 1. The van der Waals surface area contributed by atoms with Crippen LogP contribution in [0.15, 0.2) is 59.5 Å². The number of carbonyl (C=O) groups excluding carboxylic acids is 1. The number of hydrogen-bond donors (Lipinski definition) is 2. The maximum atomic E-state index is 13.4. The van der Waals surface area contributed by atoms with Crippen molar-refractivity contribution in [2.45, 2.75) is 48.0 Å². The molecule has 3 rings (SSSR count). The lowest BCUT2D eigenvalue weighted by molar-refractivity contribution is 0.0497. The lowest BCUT2D eigenvalue weighted by Gasteiger charge is -2.24. The monoisotopic (exact) mass is 436 g/mol. The van der Waals surface area contributed by atoms with Crippen molar-refractivity contribution >= 4 is 27.5 Å². The Morgan fingerprint density at radius 1 is 1.17 bits per heavy atom. The van der Waals surface area contributed by atoms with Crippen molar-refractivity contribution in [3.8, 4) is 0 Å². The molecular formula is C21H25ClN2O4S. The molecule has 0 unspecified atom stereocenters. The minimum Gasteiger partial charge on any atom is -0.444 e. The Hall–Kier alpha value is -2.09. The fourth-order valence-corrected chi connectivity index (χ4v) is 6.29. The topological polar surface area (TPSA) is 98.5 Å². The number of alkyl carbamates (subject to hydrolysis) is 1. The second-order valence-electron chi connectivity index (χ2n) is 8.18. The lowest BCUT2D eigenvalue weighted by atomic mass is 10.1. The summed E-state index contributed by atoms with van der Waals surface area (Å²) >= 11 is 6.13. The van der Waals surface area contributed by atoms with Crippen molar-refractivity contribution in [1.82, 2.24) is 5.32 Å². The van der Waals surface area contributed by atoms with Gasteiger partial charge in [-0.2, -0.15) is 0 Å². The molecule has 3 N–H and O–H groups in total. The van der Waals surface area contributed by atoms with Crippen LogP contribution in [0, 0.1) is 0 Å². The van der Waals surface area contributed by atoms with Gasteiger partial charge in [-0.3, -0.25) is 0 Å². The van der Waals surface area contributed by atoms with E-state index in [1.54, 1.807) is 63.2 Å². The number of halogens is 1. The maximum absolute atomic E-state index is 13.4. The highest BCUT2D eigenvalue weighted by atomic mass is 35.5.